The predicted octanol–water partition coefficient (Wildman–Crippen LogP) is 4.35. The van der Waals surface area contributed by atoms with Crippen LogP contribution in [0, 0.1) is 13.8 Å². The van der Waals surface area contributed by atoms with Gasteiger partial charge in [-0.05, 0) is 43.2 Å². The van der Waals surface area contributed by atoms with E-state index in [-0.39, 0.29) is 18.2 Å². The average molecular weight is 363 g/mol. The van der Waals surface area contributed by atoms with E-state index in [4.69, 9.17) is 23.2 Å². The number of halogens is 2. The number of amides is 2. The third-order valence-corrected chi connectivity index (χ3v) is 4.62. The lowest BCUT2D eigenvalue weighted by molar-refractivity contribution is -0.121. The van der Waals surface area contributed by atoms with Crippen LogP contribution in [0.3, 0.4) is 0 Å². The molecule has 0 bridgehead atoms. The molecule has 1 fully saturated rings. The summed E-state index contributed by atoms with van der Waals surface area (Å²) in [5.41, 5.74) is 3.03. The fourth-order valence-electron chi connectivity index (χ4n) is 2.93. The first-order chi connectivity index (χ1) is 11.4. The van der Waals surface area contributed by atoms with Gasteiger partial charge in [0.25, 0.3) is 5.91 Å². The van der Waals surface area contributed by atoms with Crippen molar-refractivity contribution in [1.82, 2.24) is 0 Å². The van der Waals surface area contributed by atoms with Gasteiger partial charge in [-0.25, -0.2) is 4.90 Å². The summed E-state index contributed by atoms with van der Waals surface area (Å²) in [5, 5.41) is 3.97. The second kappa shape index (κ2) is 6.46. The summed E-state index contributed by atoms with van der Waals surface area (Å²) >= 11 is 12.0. The van der Waals surface area contributed by atoms with E-state index in [0.29, 0.717) is 21.4 Å². The third-order valence-electron chi connectivity index (χ3n) is 4.07. The van der Waals surface area contributed by atoms with Crippen LogP contribution in [-0.2, 0) is 9.59 Å². The number of benzene rings is 2. The van der Waals surface area contributed by atoms with E-state index in [9.17, 15) is 9.59 Å². The van der Waals surface area contributed by atoms with Gasteiger partial charge in [0.05, 0.1) is 22.8 Å². The summed E-state index contributed by atoms with van der Waals surface area (Å²) in [4.78, 5) is 26.5. The van der Waals surface area contributed by atoms with Crippen molar-refractivity contribution >= 4 is 46.4 Å². The van der Waals surface area contributed by atoms with Gasteiger partial charge in [0.15, 0.2) is 0 Å². The fourth-order valence-corrected chi connectivity index (χ4v) is 3.40. The Hall–Kier alpha value is -2.04. The Morgan fingerprint density at radius 1 is 1.08 bits per heavy atom. The van der Waals surface area contributed by atoms with Crippen molar-refractivity contribution in [2.75, 3.05) is 10.2 Å². The van der Waals surface area contributed by atoms with Crippen molar-refractivity contribution in [3.63, 3.8) is 0 Å². The van der Waals surface area contributed by atoms with Gasteiger partial charge in [0.2, 0.25) is 5.91 Å². The maximum absolute atomic E-state index is 12.8. The standard InChI is InChI=1S/C18H16Cl2N2O2/c1-10-4-3-5-11(2)17(10)22-16(23)9-15(18(22)24)21-14-7-6-12(19)8-13(14)20/h3-8,15,21H,9H2,1-2H3. The SMILES string of the molecule is Cc1cccc(C)c1N1C(=O)CC(Nc2ccc(Cl)cc2Cl)C1=O. The van der Waals surface area contributed by atoms with Crippen LogP contribution in [-0.4, -0.2) is 17.9 Å². The summed E-state index contributed by atoms with van der Waals surface area (Å²) in [6.45, 7) is 3.78. The number of hydrogen-bond acceptors (Lipinski definition) is 3. The lowest BCUT2D eigenvalue weighted by Crippen LogP contribution is -2.35. The highest BCUT2D eigenvalue weighted by Gasteiger charge is 2.40. The zero-order valence-corrected chi connectivity index (χ0v) is 14.8. The van der Waals surface area contributed by atoms with Crippen molar-refractivity contribution in [3.8, 4) is 0 Å². The summed E-state index contributed by atoms with van der Waals surface area (Å²) < 4.78 is 0. The van der Waals surface area contributed by atoms with Crippen molar-refractivity contribution in [2.24, 2.45) is 0 Å². The first-order valence-electron chi connectivity index (χ1n) is 7.53. The Morgan fingerprint density at radius 2 is 1.75 bits per heavy atom. The number of para-hydroxylation sites is 1. The van der Waals surface area contributed by atoms with Gasteiger partial charge < -0.3 is 5.32 Å². The van der Waals surface area contributed by atoms with Crippen LogP contribution in [0.25, 0.3) is 0 Å². The van der Waals surface area contributed by atoms with Gasteiger partial charge >= 0.3 is 0 Å². The summed E-state index contributed by atoms with van der Waals surface area (Å²) in [7, 11) is 0. The number of carbonyl (C=O) groups is 2. The van der Waals surface area contributed by atoms with Gasteiger partial charge in [-0.2, -0.15) is 0 Å². The Morgan fingerprint density at radius 3 is 2.38 bits per heavy atom. The van der Waals surface area contributed by atoms with Gasteiger partial charge in [-0.3, -0.25) is 9.59 Å². The largest absolute Gasteiger partial charge is 0.372 e. The van der Waals surface area contributed by atoms with Gasteiger partial charge in [-0.1, -0.05) is 41.4 Å². The highest BCUT2D eigenvalue weighted by atomic mass is 35.5. The van der Waals surface area contributed by atoms with Gasteiger partial charge in [0, 0.05) is 5.02 Å². The number of imide groups is 1. The van der Waals surface area contributed by atoms with E-state index in [1.54, 1.807) is 18.2 Å². The maximum atomic E-state index is 12.8. The van der Waals surface area contributed by atoms with E-state index in [1.807, 2.05) is 32.0 Å². The van der Waals surface area contributed by atoms with Crippen LogP contribution in [0.4, 0.5) is 11.4 Å². The molecule has 3 rings (SSSR count). The summed E-state index contributed by atoms with van der Waals surface area (Å²) in [5.74, 6) is -0.497. The molecule has 2 amide bonds. The van der Waals surface area contributed by atoms with E-state index in [1.165, 1.54) is 4.90 Å². The smallest absolute Gasteiger partial charge is 0.256 e. The monoisotopic (exact) mass is 362 g/mol. The highest BCUT2D eigenvalue weighted by Crippen LogP contribution is 2.32. The molecule has 1 aliphatic rings. The molecular weight excluding hydrogens is 347 g/mol. The van der Waals surface area contributed by atoms with Crippen LogP contribution in [0.1, 0.15) is 17.5 Å². The van der Waals surface area contributed by atoms with E-state index < -0.39 is 6.04 Å². The Balaban J connectivity index is 1.89. The predicted molar refractivity (Wildman–Crippen MR) is 96.9 cm³/mol. The number of hydrogen-bond donors (Lipinski definition) is 1. The van der Waals surface area contributed by atoms with E-state index in [2.05, 4.69) is 5.32 Å². The molecule has 1 heterocycles. The van der Waals surface area contributed by atoms with Crippen molar-refractivity contribution in [3.05, 3.63) is 57.6 Å². The number of anilines is 2. The molecule has 6 heteroatoms. The molecule has 0 radical (unpaired) electrons. The van der Waals surface area contributed by atoms with E-state index >= 15 is 0 Å². The van der Waals surface area contributed by atoms with Crippen molar-refractivity contribution in [2.45, 2.75) is 26.3 Å². The fraction of sp³-hybridized carbons (Fsp3) is 0.222. The number of carbonyl (C=O) groups excluding carboxylic acids is 2. The average Bonchev–Trinajstić information content (AvgIpc) is 2.77. The molecule has 0 aromatic heterocycles. The van der Waals surface area contributed by atoms with Crippen LogP contribution in [0.15, 0.2) is 36.4 Å². The molecule has 1 unspecified atom stereocenters. The van der Waals surface area contributed by atoms with Crippen LogP contribution in [0.5, 0.6) is 0 Å². The molecule has 1 atom stereocenters. The highest BCUT2D eigenvalue weighted by molar-refractivity contribution is 6.36. The zero-order chi connectivity index (χ0) is 17.4. The topological polar surface area (TPSA) is 49.4 Å². The van der Waals surface area contributed by atoms with E-state index in [0.717, 1.165) is 11.1 Å². The second-order valence-corrected chi connectivity index (χ2v) is 6.68. The lowest BCUT2D eigenvalue weighted by Gasteiger charge is -2.20. The Labute approximate surface area is 150 Å². The van der Waals surface area contributed by atoms with Crippen LogP contribution >= 0.6 is 23.2 Å². The van der Waals surface area contributed by atoms with Gasteiger partial charge in [-0.15, -0.1) is 0 Å². The van der Waals surface area contributed by atoms with Crippen LogP contribution < -0.4 is 10.2 Å². The molecule has 24 heavy (non-hydrogen) atoms. The molecule has 0 spiro atoms. The first kappa shape index (κ1) is 16.8. The maximum Gasteiger partial charge on any atom is 0.256 e. The minimum atomic E-state index is -0.643. The Kier molecular flexibility index (Phi) is 4.52. The molecule has 4 nitrogen and oxygen atoms in total. The number of rotatable bonds is 3. The second-order valence-electron chi connectivity index (χ2n) is 5.83. The third kappa shape index (κ3) is 2.99. The van der Waals surface area contributed by atoms with Crippen LogP contribution in [0.2, 0.25) is 10.0 Å². The Bertz CT molecular complexity index is 816. The number of nitrogens with one attached hydrogen (secondary N) is 1. The lowest BCUT2D eigenvalue weighted by atomic mass is 10.1. The molecule has 1 saturated heterocycles. The minimum absolute atomic E-state index is 0.0889. The summed E-state index contributed by atoms with van der Waals surface area (Å²) in [6, 6.07) is 10.0. The number of nitrogens with zero attached hydrogens (tertiary/aromatic N) is 1. The van der Waals surface area contributed by atoms with Crippen molar-refractivity contribution in [1.29, 1.82) is 0 Å². The molecule has 2 aromatic rings. The normalized spacial score (nSPS) is 17.5. The molecule has 124 valence electrons. The molecule has 1 aliphatic heterocycles. The molecular formula is C18H16Cl2N2O2. The molecule has 0 saturated carbocycles. The van der Waals surface area contributed by atoms with Crippen molar-refractivity contribution < 1.29 is 9.59 Å². The first-order valence-corrected chi connectivity index (χ1v) is 8.28. The summed E-state index contributed by atoms with van der Waals surface area (Å²) in [6.07, 6.45) is 0.0889. The van der Waals surface area contributed by atoms with Gasteiger partial charge in [0.1, 0.15) is 6.04 Å². The molecule has 0 aliphatic carbocycles. The minimum Gasteiger partial charge on any atom is -0.372 e. The quantitative estimate of drug-likeness (QED) is 0.825. The number of aryl methyl sites for hydroxylation is 2. The molecule has 1 N–H and O–H groups in total. The zero-order valence-electron chi connectivity index (χ0n) is 13.3. The molecule has 2 aromatic carbocycles.